The Morgan fingerprint density at radius 2 is 0.875 bits per heavy atom. The maximum atomic E-state index is 6.76. The van der Waals surface area contributed by atoms with Crippen LogP contribution in [0.25, 0.3) is 55.3 Å². The quantitative estimate of drug-likeness (QED) is 0.166. The van der Waals surface area contributed by atoms with Crippen LogP contribution < -0.4 is 25.9 Å². The topological polar surface area (TPSA) is 18.5 Å². The van der Waals surface area contributed by atoms with E-state index in [1.807, 2.05) is 18.2 Å². The molecule has 9 aromatic rings. The molecular weight excluding hydrogens is 679 g/mol. The van der Waals surface area contributed by atoms with Crippen LogP contribution in [0.1, 0.15) is 22.3 Å². The molecule has 2 aliphatic carbocycles. The van der Waals surface area contributed by atoms with Gasteiger partial charge in [0.25, 0.3) is 6.71 Å². The van der Waals surface area contributed by atoms with Crippen LogP contribution in [-0.4, -0.2) is 6.71 Å². The first-order valence-corrected chi connectivity index (χ1v) is 19.5. The van der Waals surface area contributed by atoms with Gasteiger partial charge in [-0.2, -0.15) is 0 Å². The standard InChI is InChI=1S/C53H31BO2/c1-2-15-34(33(14-1)32-28-29-46-50(30-32)56-49-27-13-26-48-52(49)54(46)45-24-11-12-25-47(45)55-48)40-31-44-51(38-19-4-3-16-35(38)40)39-20-7-10-23-43(39)53(44)41-21-8-5-17-36(41)37-18-6-9-22-42(37)53/h1-31H. The van der Waals surface area contributed by atoms with Gasteiger partial charge in [0.1, 0.15) is 23.0 Å². The second-order valence-electron chi connectivity index (χ2n) is 15.4. The number of benzene rings is 9. The van der Waals surface area contributed by atoms with Crippen molar-refractivity contribution in [1.29, 1.82) is 0 Å². The molecule has 258 valence electrons. The Balaban J connectivity index is 1.05. The van der Waals surface area contributed by atoms with Crippen LogP contribution in [0, 0.1) is 0 Å². The average molecular weight is 711 g/mol. The Morgan fingerprint density at radius 3 is 1.62 bits per heavy atom. The van der Waals surface area contributed by atoms with E-state index in [-0.39, 0.29) is 6.71 Å². The van der Waals surface area contributed by atoms with Gasteiger partial charge < -0.3 is 9.47 Å². The molecule has 2 heterocycles. The maximum Gasteiger partial charge on any atom is 0.260 e. The summed E-state index contributed by atoms with van der Waals surface area (Å²) in [6, 6.07) is 69.0. The van der Waals surface area contributed by atoms with Crippen molar-refractivity contribution in [3.05, 3.63) is 210 Å². The first kappa shape index (κ1) is 30.3. The van der Waals surface area contributed by atoms with Crippen molar-refractivity contribution in [2.24, 2.45) is 0 Å². The van der Waals surface area contributed by atoms with Crippen molar-refractivity contribution in [2.75, 3.05) is 0 Å². The first-order valence-electron chi connectivity index (χ1n) is 19.5. The Bertz CT molecular complexity index is 3130. The number of para-hydroxylation sites is 1. The fourth-order valence-corrected chi connectivity index (χ4v) is 10.7. The first-order chi connectivity index (χ1) is 27.8. The van der Waals surface area contributed by atoms with E-state index in [0.29, 0.717) is 0 Å². The summed E-state index contributed by atoms with van der Waals surface area (Å²) in [5.41, 5.74) is 18.4. The predicted molar refractivity (Wildman–Crippen MR) is 229 cm³/mol. The largest absolute Gasteiger partial charge is 0.458 e. The van der Waals surface area contributed by atoms with Crippen molar-refractivity contribution >= 4 is 33.9 Å². The summed E-state index contributed by atoms with van der Waals surface area (Å²) in [5, 5.41) is 2.53. The van der Waals surface area contributed by atoms with Crippen molar-refractivity contribution < 1.29 is 9.47 Å². The van der Waals surface area contributed by atoms with Gasteiger partial charge in [0.2, 0.25) is 0 Å². The van der Waals surface area contributed by atoms with E-state index in [0.717, 1.165) is 39.5 Å². The van der Waals surface area contributed by atoms with Crippen molar-refractivity contribution in [3.63, 3.8) is 0 Å². The van der Waals surface area contributed by atoms with Gasteiger partial charge >= 0.3 is 0 Å². The lowest BCUT2D eigenvalue weighted by Gasteiger charge is -2.33. The third-order valence-corrected chi connectivity index (χ3v) is 12.8. The van der Waals surface area contributed by atoms with Gasteiger partial charge in [-0.1, -0.05) is 158 Å². The number of fused-ring (bicyclic) bond motifs is 16. The molecule has 0 saturated carbocycles. The molecule has 2 nitrogen and oxygen atoms in total. The fraction of sp³-hybridized carbons (Fsp3) is 0.0189. The average Bonchev–Trinajstić information content (AvgIpc) is 3.73. The molecule has 0 atom stereocenters. The van der Waals surface area contributed by atoms with E-state index in [1.54, 1.807) is 0 Å². The molecule has 0 amide bonds. The number of hydrogen-bond acceptors (Lipinski definition) is 2. The highest BCUT2D eigenvalue weighted by molar-refractivity contribution is 6.98. The molecule has 56 heavy (non-hydrogen) atoms. The molecule has 9 aromatic carbocycles. The van der Waals surface area contributed by atoms with E-state index in [9.17, 15) is 0 Å². The van der Waals surface area contributed by atoms with Crippen molar-refractivity contribution in [1.82, 2.24) is 0 Å². The Morgan fingerprint density at radius 1 is 0.339 bits per heavy atom. The SMILES string of the molecule is c1ccc2c(c1)Oc1cccc3c1B2c1ccc(-c2ccccc2-c2cc4c(c5ccccc25)-c2ccccc2C42c4ccccc4-c4ccccc42)cc1O3. The molecule has 0 fully saturated rings. The minimum absolute atomic E-state index is 0.0369. The van der Waals surface area contributed by atoms with Crippen molar-refractivity contribution in [2.45, 2.75) is 5.41 Å². The van der Waals surface area contributed by atoms with Crippen molar-refractivity contribution in [3.8, 4) is 67.5 Å². The van der Waals surface area contributed by atoms with Gasteiger partial charge in [-0.15, -0.1) is 0 Å². The molecule has 3 heteroatoms. The lowest BCUT2D eigenvalue weighted by Crippen LogP contribution is -2.57. The molecule has 2 aliphatic heterocycles. The Hall–Kier alpha value is -7.10. The molecule has 4 aliphatic rings. The highest BCUT2D eigenvalue weighted by atomic mass is 16.5. The summed E-state index contributed by atoms with van der Waals surface area (Å²) in [6.45, 7) is 0.0369. The Labute approximate surface area is 325 Å². The minimum atomic E-state index is -0.432. The molecule has 13 rings (SSSR count). The lowest BCUT2D eigenvalue weighted by atomic mass is 9.35. The van der Waals surface area contributed by atoms with Gasteiger partial charge in [-0.25, -0.2) is 0 Å². The smallest absolute Gasteiger partial charge is 0.260 e. The van der Waals surface area contributed by atoms with E-state index >= 15 is 0 Å². The van der Waals surface area contributed by atoms with Gasteiger partial charge in [0.15, 0.2) is 0 Å². The monoisotopic (exact) mass is 710 g/mol. The van der Waals surface area contributed by atoms with Crippen LogP contribution in [0.2, 0.25) is 0 Å². The maximum absolute atomic E-state index is 6.76. The van der Waals surface area contributed by atoms with Gasteiger partial charge in [0, 0.05) is 5.46 Å². The number of hydrogen-bond donors (Lipinski definition) is 0. The van der Waals surface area contributed by atoms with Crippen LogP contribution in [-0.2, 0) is 5.41 Å². The Kier molecular flexibility index (Phi) is 5.94. The highest BCUT2D eigenvalue weighted by Gasteiger charge is 2.52. The summed E-state index contributed by atoms with van der Waals surface area (Å²) in [7, 11) is 0. The van der Waals surface area contributed by atoms with E-state index in [4.69, 9.17) is 9.47 Å². The van der Waals surface area contributed by atoms with E-state index in [1.165, 1.54) is 77.4 Å². The lowest BCUT2D eigenvalue weighted by molar-refractivity contribution is 0.464. The summed E-state index contributed by atoms with van der Waals surface area (Å²) in [6.07, 6.45) is 0. The summed E-state index contributed by atoms with van der Waals surface area (Å²) < 4.78 is 13.1. The van der Waals surface area contributed by atoms with Crippen LogP contribution >= 0.6 is 0 Å². The molecule has 0 aromatic heterocycles. The summed E-state index contributed by atoms with van der Waals surface area (Å²) >= 11 is 0. The van der Waals surface area contributed by atoms with Crippen LogP contribution in [0.3, 0.4) is 0 Å². The molecule has 0 bridgehead atoms. The highest BCUT2D eigenvalue weighted by Crippen LogP contribution is 2.64. The molecular formula is C53H31BO2. The van der Waals surface area contributed by atoms with Gasteiger partial charge in [0.05, 0.1) is 5.41 Å². The van der Waals surface area contributed by atoms with Gasteiger partial charge in [-0.3, -0.25) is 0 Å². The van der Waals surface area contributed by atoms with Gasteiger partial charge in [-0.05, 0) is 119 Å². The zero-order valence-electron chi connectivity index (χ0n) is 30.3. The summed E-state index contributed by atoms with van der Waals surface area (Å²) in [5.74, 6) is 3.50. The van der Waals surface area contributed by atoms with E-state index in [2.05, 4.69) is 170 Å². The number of ether oxygens (including phenoxy) is 2. The molecule has 0 unspecified atom stereocenters. The zero-order chi connectivity index (χ0) is 36.5. The third-order valence-electron chi connectivity index (χ3n) is 12.8. The fourth-order valence-electron chi connectivity index (χ4n) is 10.7. The van der Waals surface area contributed by atoms with Crippen LogP contribution in [0.5, 0.6) is 23.0 Å². The molecule has 0 radical (unpaired) electrons. The summed E-state index contributed by atoms with van der Waals surface area (Å²) in [4.78, 5) is 0. The molecule has 0 N–H and O–H groups in total. The second kappa shape index (κ2) is 11.0. The van der Waals surface area contributed by atoms with Crippen LogP contribution in [0.4, 0.5) is 0 Å². The number of rotatable bonds is 2. The molecule has 0 saturated heterocycles. The van der Waals surface area contributed by atoms with E-state index < -0.39 is 5.41 Å². The normalized spacial score (nSPS) is 14.1. The molecule has 1 spiro atoms. The zero-order valence-corrected chi connectivity index (χ0v) is 30.3. The third kappa shape index (κ3) is 3.77. The minimum Gasteiger partial charge on any atom is -0.458 e. The van der Waals surface area contributed by atoms with Crippen LogP contribution in [0.15, 0.2) is 188 Å². The predicted octanol–water partition coefficient (Wildman–Crippen LogP) is 11.2. The second-order valence-corrected chi connectivity index (χ2v) is 15.4.